The highest BCUT2D eigenvalue weighted by Gasteiger charge is 2.22. The number of hydrogen-bond donors (Lipinski definition) is 4. The summed E-state index contributed by atoms with van der Waals surface area (Å²) in [5.41, 5.74) is 4.66. The van der Waals surface area contributed by atoms with E-state index in [1.165, 1.54) is 0 Å². The molecular formula is C13H16FN3O4. The fourth-order valence-electron chi connectivity index (χ4n) is 1.67. The van der Waals surface area contributed by atoms with Crippen LogP contribution in [0.15, 0.2) is 18.2 Å². The van der Waals surface area contributed by atoms with E-state index in [9.17, 15) is 18.8 Å². The minimum atomic E-state index is -1.32. The molecule has 0 radical (unpaired) electrons. The van der Waals surface area contributed by atoms with Crippen molar-refractivity contribution in [2.45, 2.75) is 19.9 Å². The number of carboxylic acids is 1. The van der Waals surface area contributed by atoms with Gasteiger partial charge in [-0.2, -0.15) is 0 Å². The number of halogens is 1. The molecule has 8 heteroatoms. The predicted octanol–water partition coefficient (Wildman–Crippen LogP) is 1.16. The summed E-state index contributed by atoms with van der Waals surface area (Å²) in [4.78, 5) is 33.9. The number of carbonyl (C=O) groups excluding carboxylic acids is 2. The van der Waals surface area contributed by atoms with Gasteiger partial charge in [0.05, 0.1) is 11.3 Å². The lowest BCUT2D eigenvalue weighted by Crippen LogP contribution is -2.49. The smallest absolute Gasteiger partial charge is 0.337 e. The number of anilines is 1. The van der Waals surface area contributed by atoms with Gasteiger partial charge in [0.15, 0.2) is 0 Å². The van der Waals surface area contributed by atoms with Gasteiger partial charge in [-0.15, -0.1) is 0 Å². The molecule has 0 fully saturated rings. The third-order valence-electron chi connectivity index (χ3n) is 2.72. The van der Waals surface area contributed by atoms with Crippen LogP contribution >= 0.6 is 0 Å². The zero-order valence-corrected chi connectivity index (χ0v) is 11.5. The molecule has 1 aromatic carbocycles. The fraction of sp³-hybridized carbons (Fsp3) is 0.308. The van der Waals surface area contributed by atoms with Crippen LogP contribution in [0, 0.1) is 11.7 Å². The monoisotopic (exact) mass is 297 g/mol. The van der Waals surface area contributed by atoms with E-state index in [0.29, 0.717) is 0 Å². The van der Waals surface area contributed by atoms with Gasteiger partial charge in [-0.1, -0.05) is 13.8 Å². The summed E-state index contributed by atoms with van der Waals surface area (Å²) in [6.45, 7) is 3.36. The molecule has 0 bridgehead atoms. The van der Waals surface area contributed by atoms with E-state index in [-0.39, 0.29) is 17.2 Å². The normalized spacial score (nSPS) is 11.8. The maximum Gasteiger partial charge on any atom is 0.337 e. The molecule has 0 heterocycles. The number of nitrogens with one attached hydrogen (secondary N) is 2. The number of urea groups is 1. The van der Waals surface area contributed by atoms with Crippen molar-refractivity contribution in [2.24, 2.45) is 11.7 Å². The molecule has 1 atom stereocenters. The summed E-state index contributed by atoms with van der Waals surface area (Å²) >= 11 is 0. The van der Waals surface area contributed by atoms with Gasteiger partial charge in [0, 0.05) is 0 Å². The summed E-state index contributed by atoms with van der Waals surface area (Å²) in [7, 11) is 0. The summed E-state index contributed by atoms with van der Waals surface area (Å²) < 4.78 is 13.1. The highest BCUT2D eigenvalue weighted by Crippen LogP contribution is 2.17. The van der Waals surface area contributed by atoms with Crippen LogP contribution in [0.5, 0.6) is 0 Å². The van der Waals surface area contributed by atoms with Gasteiger partial charge in [0.2, 0.25) is 5.91 Å². The minimum Gasteiger partial charge on any atom is -0.478 e. The Morgan fingerprint density at radius 1 is 1.29 bits per heavy atom. The predicted molar refractivity (Wildman–Crippen MR) is 73.3 cm³/mol. The third-order valence-corrected chi connectivity index (χ3v) is 2.72. The second-order valence-electron chi connectivity index (χ2n) is 4.72. The van der Waals surface area contributed by atoms with E-state index in [1.54, 1.807) is 13.8 Å². The Balaban J connectivity index is 2.90. The lowest BCUT2D eigenvalue weighted by molar-refractivity contribution is -0.120. The zero-order chi connectivity index (χ0) is 16.2. The molecule has 1 unspecified atom stereocenters. The molecule has 7 nitrogen and oxygen atoms in total. The molecule has 0 aliphatic heterocycles. The standard InChI is InChI=1S/C13H16FN3O4/c1-6(2)10(11(15)18)17-13(21)16-9-5-7(14)3-4-8(9)12(19)20/h3-6,10H,1-2H3,(H2,15,18)(H,19,20)(H2,16,17,21). The van der Waals surface area contributed by atoms with Crippen molar-refractivity contribution in [1.29, 1.82) is 0 Å². The van der Waals surface area contributed by atoms with Crippen molar-refractivity contribution in [2.75, 3.05) is 5.32 Å². The van der Waals surface area contributed by atoms with Crippen LogP contribution < -0.4 is 16.4 Å². The van der Waals surface area contributed by atoms with E-state index >= 15 is 0 Å². The van der Waals surface area contributed by atoms with Crippen molar-refractivity contribution < 1.29 is 23.9 Å². The summed E-state index contributed by atoms with van der Waals surface area (Å²) in [6.07, 6.45) is 0. The van der Waals surface area contributed by atoms with Crippen LogP contribution in [0.4, 0.5) is 14.9 Å². The Hall–Kier alpha value is -2.64. The molecule has 0 aliphatic carbocycles. The zero-order valence-electron chi connectivity index (χ0n) is 11.5. The van der Waals surface area contributed by atoms with Crippen LogP contribution in [0.1, 0.15) is 24.2 Å². The van der Waals surface area contributed by atoms with Crippen molar-refractivity contribution in [3.05, 3.63) is 29.6 Å². The van der Waals surface area contributed by atoms with Crippen molar-refractivity contribution in [3.63, 3.8) is 0 Å². The maximum absolute atomic E-state index is 13.1. The summed E-state index contributed by atoms with van der Waals surface area (Å²) in [6, 6.07) is 1.10. The first-order chi connectivity index (χ1) is 9.72. The largest absolute Gasteiger partial charge is 0.478 e. The number of carbonyl (C=O) groups is 3. The van der Waals surface area contributed by atoms with Crippen LogP contribution in [0.2, 0.25) is 0 Å². The van der Waals surface area contributed by atoms with E-state index in [2.05, 4.69) is 10.6 Å². The van der Waals surface area contributed by atoms with Crippen molar-refractivity contribution in [3.8, 4) is 0 Å². The topological polar surface area (TPSA) is 122 Å². The molecule has 0 saturated heterocycles. The SMILES string of the molecule is CC(C)C(NC(=O)Nc1cc(F)ccc1C(=O)O)C(N)=O. The van der Waals surface area contributed by atoms with Crippen molar-refractivity contribution in [1.82, 2.24) is 5.32 Å². The molecule has 114 valence electrons. The Morgan fingerprint density at radius 3 is 2.38 bits per heavy atom. The highest BCUT2D eigenvalue weighted by molar-refractivity contribution is 6.00. The molecule has 1 rings (SSSR count). The van der Waals surface area contributed by atoms with Gasteiger partial charge < -0.3 is 21.5 Å². The average molecular weight is 297 g/mol. The second-order valence-corrected chi connectivity index (χ2v) is 4.72. The van der Waals surface area contributed by atoms with E-state index < -0.39 is 29.8 Å². The third kappa shape index (κ3) is 4.44. The first kappa shape index (κ1) is 16.4. The van der Waals surface area contributed by atoms with Crippen LogP contribution in [0.25, 0.3) is 0 Å². The van der Waals surface area contributed by atoms with Crippen LogP contribution in [-0.4, -0.2) is 29.1 Å². The maximum atomic E-state index is 13.1. The number of aromatic carboxylic acids is 1. The Kier molecular flexibility index (Phi) is 5.23. The Labute approximate surface area is 120 Å². The van der Waals surface area contributed by atoms with Gasteiger partial charge in [0.1, 0.15) is 11.9 Å². The van der Waals surface area contributed by atoms with Crippen molar-refractivity contribution >= 4 is 23.6 Å². The molecule has 3 amide bonds. The first-order valence-electron chi connectivity index (χ1n) is 6.12. The van der Waals surface area contributed by atoms with E-state index in [0.717, 1.165) is 18.2 Å². The Bertz CT molecular complexity index is 575. The van der Waals surface area contributed by atoms with Gasteiger partial charge in [-0.05, 0) is 24.1 Å². The number of primary amides is 1. The molecule has 0 saturated carbocycles. The number of nitrogens with two attached hydrogens (primary N) is 1. The van der Waals surface area contributed by atoms with Gasteiger partial charge in [0.25, 0.3) is 0 Å². The van der Waals surface area contributed by atoms with Crippen LogP contribution in [-0.2, 0) is 4.79 Å². The van der Waals surface area contributed by atoms with E-state index in [1.807, 2.05) is 0 Å². The molecule has 21 heavy (non-hydrogen) atoms. The van der Waals surface area contributed by atoms with Gasteiger partial charge in [-0.25, -0.2) is 14.0 Å². The number of amides is 3. The molecule has 0 aliphatic rings. The summed E-state index contributed by atoms with van der Waals surface area (Å²) in [5.74, 6) is -3.00. The van der Waals surface area contributed by atoms with Gasteiger partial charge >= 0.3 is 12.0 Å². The lowest BCUT2D eigenvalue weighted by Gasteiger charge is -2.19. The lowest BCUT2D eigenvalue weighted by atomic mass is 10.0. The molecule has 0 spiro atoms. The summed E-state index contributed by atoms with van der Waals surface area (Å²) in [5, 5.41) is 13.5. The fourth-order valence-corrected chi connectivity index (χ4v) is 1.67. The quantitative estimate of drug-likeness (QED) is 0.651. The van der Waals surface area contributed by atoms with Gasteiger partial charge in [-0.3, -0.25) is 4.79 Å². The molecular weight excluding hydrogens is 281 g/mol. The Morgan fingerprint density at radius 2 is 1.90 bits per heavy atom. The highest BCUT2D eigenvalue weighted by atomic mass is 19.1. The van der Waals surface area contributed by atoms with Crippen LogP contribution in [0.3, 0.4) is 0 Å². The first-order valence-corrected chi connectivity index (χ1v) is 6.12. The number of benzene rings is 1. The molecule has 5 N–H and O–H groups in total. The van der Waals surface area contributed by atoms with E-state index in [4.69, 9.17) is 10.8 Å². The minimum absolute atomic E-state index is 0.216. The average Bonchev–Trinajstić information content (AvgIpc) is 2.34. The number of hydrogen-bond acceptors (Lipinski definition) is 3. The number of rotatable bonds is 5. The second kappa shape index (κ2) is 6.69. The number of carboxylic acid groups (broad SMARTS) is 1. The molecule has 0 aromatic heterocycles. The molecule has 1 aromatic rings.